The summed E-state index contributed by atoms with van der Waals surface area (Å²) in [6, 6.07) is 0. The maximum Gasteiger partial charge on any atom is 0.491 e. The van der Waals surface area contributed by atoms with Gasteiger partial charge in [-0.05, 0) is 0 Å². The topological polar surface area (TPSA) is 20.3 Å². The summed E-state index contributed by atoms with van der Waals surface area (Å²) >= 11 is 0. The highest BCUT2D eigenvalue weighted by Crippen LogP contribution is 2.22. The minimum Gasteiger partial charge on any atom is -0.263 e. The van der Waals surface area contributed by atoms with Gasteiger partial charge >= 0.3 is 19.3 Å². The molecule has 0 saturated carbocycles. The van der Waals surface area contributed by atoms with Crippen molar-refractivity contribution in [1.29, 1.82) is 0 Å². The predicted octanol–water partition coefficient (Wildman–Crippen LogP) is 1.10. The van der Waals surface area contributed by atoms with Crippen LogP contribution < -0.4 is 0 Å². The Bertz CT molecular complexity index is 121. The van der Waals surface area contributed by atoms with Gasteiger partial charge in [-0.2, -0.15) is 13.7 Å². The van der Waals surface area contributed by atoms with E-state index in [9.17, 15) is 26.7 Å². The zero-order valence-electron chi connectivity index (χ0n) is 4.32. The number of carbonyl (C=O) groups excluding carboxylic acids is 1. The van der Waals surface area contributed by atoms with Gasteiger partial charge in [-0.25, -0.2) is 0 Å². The highest BCUT2D eigenvalue weighted by atomic mass is 19.4. The lowest BCUT2D eigenvalue weighted by molar-refractivity contribution is -0.261. The number of alkyl halides is 5. The van der Waals surface area contributed by atoms with Crippen molar-refractivity contribution < 1.29 is 26.7 Å². The van der Waals surface area contributed by atoms with Crippen molar-refractivity contribution in [2.24, 2.45) is 0 Å². The van der Waals surface area contributed by atoms with Crippen molar-refractivity contribution in [3.63, 3.8) is 0 Å². The molecule has 1 amide bonds. The Morgan fingerprint density at radius 2 is 1.70 bits per heavy atom. The first-order valence-electron chi connectivity index (χ1n) is 1.91. The van der Waals surface area contributed by atoms with Crippen LogP contribution in [0.25, 0.3) is 0 Å². The summed E-state index contributed by atoms with van der Waals surface area (Å²) < 4.78 is 55.7. The number of nitrogens with zero attached hydrogens (tertiary/aromatic N) is 1. The second-order valence-electron chi connectivity index (χ2n) is 1.21. The van der Waals surface area contributed by atoms with Crippen molar-refractivity contribution in [2.45, 2.75) is 12.8 Å². The summed E-state index contributed by atoms with van der Waals surface area (Å²) in [4.78, 5) is 7.53. The van der Waals surface area contributed by atoms with Gasteiger partial charge in [0.25, 0.3) is 0 Å². The second kappa shape index (κ2) is 2.80. The van der Waals surface area contributed by atoms with E-state index in [1.807, 2.05) is 0 Å². The fourth-order valence-corrected chi connectivity index (χ4v) is 0.202. The van der Waals surface area contributed by atoms with E-state index in [0.717, 1.165) is 0 Å². The molecule has 0 heterocycles. The van der Waals surface area contributed by atoms with Gasteiger partial charge in [0.05, 0.1) is 0 Å². The van der Waals surface area contributed by atoms with Crippen LogP contribution in [0.4, 0.5) is 22.0 Å². The molecular formula is C3HF5NO. The third-order valence-corrected chi connectivity index (χ3v) is 0.567. The van der Waals surface area contributed by atoms with Gasteiger partial charge in [0, 0.05) is 0 Å². The van der Waals surface area contributed by atoms with Crippen molar-refractivity contribution in [1.82, 2.24) is 4.90 Å². The minimum absolute atomic E-state index is 0.0498. The number of amides is 1. The molecule has 0 N–H and O–H groups in total. The molecule has 10 heavy (non-hydrogen) atoms. The van der Waals surface area contributed by atoms with Gasteiger partial charge in [0.15, 0.2) is 0 Å². The van der Waals surface area contributed by atoms with Crippen LogP contribution in [0.2, 0.25) is 0 Å². The minimum atomic E-state index is -5.35. The highest BCUT2D eigenvalue weighted by molar-refractivity contribution is 5.48. The van der Waals surface area contributed by atoms with E-state index in [0.29, 0.717) is 0 Å². The van der Waals surface area contributed by atoms with Gasteiger partial charge in [0.2, 0.25) is 0 Å². The van der Waals surface area contributed by atoms with Crippen LogP contribution in [0, 0.1) is 0 Å². The molecule has 0 aliphatic rings. The van der Waals surface area contributed by atoms with E-state index in [1.54, 1.807) is 0 Å². The Balaban J connectivity index is 4.21. The van der Waals surface area contributed by atoms with Crippen LogP contribution in [0.5, 0.6) is 0 Å². The lowest BCUT2D eigenvalue weighted by Crippen LogP contribution is -2.40. The Labute approximate surface area is 52.2 Å². The molecule has 7 heteroatoms. The van der Waals surface area contributed by atoms with Crippen molar-refractivity contribution in [3.05, 3.63) is 0 Å². The molecule has 0 aromatic heterocycles. The highest BCUT2D eigenvalue weighted by Gasteiger charge is 2.42. The smallest absolute Gasteiger partial charge is 0.263 e. The summed E-state index contributed by atoms with van der Waals surface area (Å²) in [5.41, 5.74) is 0. The van der Waals surface area contributed by atoms with Crippen LogP contribution in [-0.4, -0.2) is 24.2 Å². The van der Waals surface area contributed by atoms with E-state index in [1.165, 1.54) is 0 Å². The number of hydrogen-bond acceptors (Lipinski definition) is 1. The van der Waals surface area contributed by atoms with E-state index >= 15 is 0 Å². The fraction of sp³-hybridized carbons (Fsp3) is 0.667. The standard InChI is InChI=1S/C3HF5NO/c4-2(5)9(1-10)3(6,7)8/h2H. The largest absolute Gasteiger partial charge is 0.491 e. The zero-order chi connectivity index (χ0) is 8.36. The van der Waals surface area contributed by atoms with Gasteiger partial charge < -0.3 is 0 Å². The Morgan fingerprint density at radius 3 is 1.70 bits per heavy atom. The summed E-state index contributed by atoms with van der Waals surface area (Å²) in [6.45, 7) is -3.89. The summed E-state index contributed by atoms with van der Waals surface area (Å²) in [5, 5.41) is 0. The zero-order valence-corrected chi connectivity index (χ0v) is 4.32. The fourth-order valence-electron chi connectivity index (χ4n) is 0.202. The molecule has 0 aliphatic carbocycles. The first kappa shape index (κ1) is 9.12. The molecule has 0 fully saturated rings. The summed E-state index contributed by atoms with van der Waals surface area (Å²) in [5.74, 6) is 0. The third-order valence-electron chi connectivity index (χ3n) is 0.567. The molecule has 0 bridgehead atoms. The monoisotopic (exact) mass is 162 g/mol. The molecule has 0 saturated heterocycles. The first-order valence-corrected chi connectivity index (χ1v) is 1.91. The van der Waals surface area contributed by atoms with E-state index < -0.39 is 17.7 Å². The Kier molecular flexibility index (Phi) is 2.56. The summed E-state index contributed by atoms with van der Waals surface area (Å²) in [6.07, 6.45) is -5.30. The van der Waals surface area contributed by atoms with Crippen LogP contribution >= 0.6 is 0 Å². The van der Waals surface area contributed by atoms with Crippen molar-refractivity contribution in [3.8, 4) is 0 Å². The molecule has 0 rings (SSSR count). The predicted molar refractivity (Wildman–Crippen MR) is 19.6 cm³/mol. The van der Waals surface area contributed by atoms with E-state index in [4.69, 9.17) is 0 Å². The van der Waals surface area contributed by atoms with Gasteiger partial charge in [-0.3, -0.25) is 4.79 Å². The van der Waals surface area contributed by atoms with Gasteiger partial charge in [-0.1, -0.05) is 0 Å². The first-order chi connectivity index (χ1) is 4.39. The number of rotatable bonds is 2. The quantitative estimate of drug-likeness (QED) is 0.338. The number of halogens is 5. The van der Waals surface area contributed by atoms with Crippen LogP contribution in [-0.2, 0) is 4.79 Å². The molecule has 0 atom stereocenters. The second-order valence-corrected chi connectivity index (χ2v) is 1.21. The van der Waals surface area contributed by atoms with Crippen molar-refractivity contribution >= 4 is 6.41 Å². The van der Waals surface area contributed by atoms with Gasteiger partial charge in [0.1, 0.15) is 0 Å². The molecule has 0 spiro atoms. The molecule has 59 valence electrons. The van der Waals surface area contributed by atoms with Crippen LogP contribution in [0.1, 0.15) is 0 Å². The van der Waals surface area contributed by atoms with Gasteiger partial charge in [-0.15, -0.1) is 13.2 Å². The molecule has 1 radical (unpaired) electrons. The molecule has 0 aromatic rings. The molecule has 0 aliphatic heterocycles. The Morgan fingerprint density at radius 1 is 1.30 bits per heavy atom. The lowest BCUT2D eigenvalue weighted by Gasteiger charge is -2.16. The van der Waals surface area contributed by atoms with E-state index in [2.05, 4.69) is 0 Å². The molecule has 2 nitrogen and oxygen atoms in total. The maximum absolute atomic E-state index is 11.2. The molecule has 0 unspecified atom stereocenters. The van der Waals surface area contributed by atoms with Crippen LogP contribution in [0.15, 0.2) is 0 Å². The summed E-state index contributed by atoms with van der Waals surface area (Å²) in [7, 11) is 0. The lowest BCUT2D eigenvalue weighted by atomic mass is 10.8. The van der Waals surface area contributed by atoms with Crippen LogP contribution in [0.3, 0.4) is 0 Å². The normalized spacial score (nSPS) is 11.8. The number of hydrogen-bond donors (Lipinski definition) is 0. The third kappa shape index (κ3) is 2.16. The Hall–Kier alpha value is -0.880. The average molecular weight is 162 g/mol. The van der Waals surface area contributed by atoms with E-state index in [-0.39, 0.29) is 6.41 Å². The molecular weight excluding hydrogens is 161 g/mol. The van der Waals surface area contributed by atoms with Crippen molar-refractivity contribution in [2.75, 3.05) is 0 Å². The SMILES string of the molecule is O=[C]N(C(F)F)C(F)(F)F. The maximum atomic E-state index is 11.2. The molecule has 0 aromatic carbocycles. The average Bonchev–Trinajstić information content (AvgIpc) is 1.60.